The molecule has 2 aromatic rings. The number of nitrogens with one attached hydrogen (secondary N) is 1. The standard InChI is InChI=1S/C17H22FN3/c1-11-10-14(7-8-16(11)18)17-20-12(2)15(13(3)21-17)6-5-9-19-4/h7-8,10,19H,5-6,9H2,1-4H3. The molecule has 0 saturated carbocycles. The molecule has 0 spiro atoms. The number of benzene rings is 1. The van der Waals surface area contributed by atoms with E-state index in [2.05, 4.69) is 15.3 Å². The second kappa shape index (κ2) is 6.76. The van der Waals surface area contributed by atoms with Crippen LogP contribution in [-0.2, 0) is 6.42 Å². The van der Waals surface area contributed by atoms with Gasteiger partial charge in [0.2, 0.25) is 0 Å². The van der Waals surface area contributed by atoms with Crippen LogP contribution in [0.25, 0.3) is 11.4 Å². The molecule has 112 valence electrons. The largest absolute Gasteiger partial charge is 0.320 e. The van der Waals surface area contributed by atoms with Crippen LogP contribution in [-0.4, -0.2) is 23.6 Å². The van der Waals surface area contributed by atoms with E-state index >= 15 is 0 Å². The Morgan fingerprint density at radius 3 is 2.33 bits per heavy atom. The molecule has 0 aliphatic carbocycles. The minimum absolute atomic E-state index is 0.198. The summed E-state index contributed by atoms with van der Waals surface area (Å²) in [6.07, 6.45) is 2.04. The molecule has 3 nitrogen and oxygen atoms in total. The SMILES string of the molecule is CNCCCc1c(C)nc(-c2ccc(F)c(C)c2)nc1C. The molecule has 0 fully saturated rings. The van der Waals surface area contributed by atoms with Gasteiger partial charge in [-0.3, -0.25) is 0 Å². The minimum Gasteiger partial charge on any atom is -0.320 e. The molecule has 0 bridgehead atoms. The van der Waals surface area contributed by atoms with Crippen LogP contribution < -0.4 is 5.32 Å². The van der Waals surface area contributed by atoms with Crippen molar-refractivity contribution >= 4 is 0 Å². The van der Waals surface area contributed by atoms with Crippen molar-refractivity contribution in [3.63, 3.8) is 0 Å². The number of hydrogen-bond donors (Lipinski definition) is 1. The topological polar surface area (TPSA) is 37.8 Å². The van der Waals surface area contributed by atoms with Gasteiger partial charge < -0.3 is 5.32 Å². The van der Waals surface area contributed by atoms with Crippen molar-refractivity contribution in [1.82, 2.24) is 15.3 Å². The number of nitrogens with zero attached hydrogens (tertiary/aromatic N) is 2. The van der Waals surface area contributed by atoms with Crippen LogP contribution in [0.4, 0.5) is 4.39 Å². The Morgan fingerprint density at radius 1 is 1.10 bits per heavy atom. The summed E-state index contributed by atoms with van der Waals surface area (Å²) in [5, 5.41) is 3.15. The van der Waals surface area contributed by atoms with E-state index in [-0.39, 0.29) is 5.82 Å². The molecule has 2 rings (SSSR count). The molecule has 1 heterocycles. The van der Waals surface area contributed by atoms with E-state index in [0.717, 1.165) is 36.3 Å². The lowest BCUT2D eigenvalue weighted by Gasteiger charge is -2.11. The summed E-state index contributed by atoms with van der Waals surface area (Å²) < 4.78 is 13.4. The molecule has 0 atom stereocenters. The van der Waals surface area contributed by atoms with E-state index in [1.54, 1.807) is 19.1 Å². The Hall–Kier alpha value is -1.81. The van der Waals surface area contributed by atoms with Crippen LogP contribution in [0.3, 0.4) is 0 Å². The maximum atomic E-state index is 13.4. The van der Waals surface area contributed by atoms with E-state index in [0.29, 0.717) is 11.4 Å². The van der Waals surface area contributed by atoms with Crippen molar-refractivity contribution in [1.29, 1.82) is 0 Å². The smallest absolute Gasteiger partial charge is 0.159 e. The van der Waals surface area contributed by atoms with Crippen LogP contribution in [0.1, 0.15) is 28.9 Å². The van der Waals surface area contributed by atoms with Gasteiger partial charge in [0.05, 0.1) is 0 Å². The van der Waals surface area contributed by atoms with Crippen LogP contribution in [0, 0.1) is 26.6 Å². The first-order valence-corrected chi connectivity index (χ1v) is 7.28. The van der Waals surface area contributed by atoms with E-state index in [1.165, 1.54) is 11.6 Å². The fourth-order valence-electron chi connectivity index (χ4n) is 2.46. The average Bonchev–Trinajstić information content (AvgIpc) is 2.44. The summed E-state index contributed by atoms with van der Waals surface area (Å²) in [7, 11) is 1.95. The Bertz CT molecular complexity index is 615. The summed E-state index contributed by atoms with van der Waals surface area (Å²) in [5.41, 5.74) is 4.71. The number of aryl methyl sites for hydroxylation is 3. The monoisotopic (exact) mass is 287 g/mol. The van der Waals surface area contributed by atoms with Gasteiger partial charge in [0.15, 0.2) is 5.82 Å². The van der Waals surface area contributed by atoms with Crippen molar-refractivity contribution < 1.29 is 4.39 Å². The summed E-state index contributed by atoms with van der Waals surface area (Å²) in [6, 6.07) is 5.00. The third-order valence-corrected chi connectivity index (χ3v) is 3.69. The Balaban J connectivity index is 2.32. The lowest BCUT2D eigenvalue weighted by Crippen LogP contribution is -2.10. The second-order valence-corrected chi connectivity index (χ2v) is 5.37. The highest BCUT2D eigenvalue weighted by atomic mass is 19.1. The minimum atomic E-state index is -0.198. The zero-order valence-corrected chi connectivity index (χ0v) is 13.1. The van der Waals surface area contributed by atoms with Gasteiger partial charge in [0.25, 0.3) is 0 Å². The normalized spacial score (nSPS) is 10.9. The molecular weight excluding hydrogens is 265 g/mol. The van der Waals surface area contributed by atoms with Crippen molar-refractivity contribution in [2.24, 2.45) is 0 Å². The van der Waals surface area contributed by atoms with Crippen molar-refractivity contribution in [2.75, 3.05) is 13.6 Å². The molecule has 21 heavy (non-hydrogen) atoms. The van der Waals surface area contributed by atoms with Gasteiger partial charge in [-0.1, -0.05) is 0 Å². The third-order valence-electron chi connectivity index (χ3n) is 3.69. The molecule has 0 amide bonds. The van der Waals surface area contributed by atoms with E-state index < -0.39 is 0 Å². The van der Waals surface area contributed by atoms with Crippen molar-refractivity contribution in [3.05, 3.63) is 46.5 Å². The first kappa shape index (κ1) is 15.6. The highest BCUT2D eigenvalue weighted by Gasteiger charge is 2.10. The van der Waals surface area contributed by atoms with Crippen LogP contribution >= 0.6 is 0 Å². The summed E-state index contributed by atoms with van der Waals surface area (Å²) in [5.74, 6) is 0.473. The maximum absolute atomic E-state index is 13.4. The van der Waals surface area contributed by atoms with Gasteiger partial charge in [-0.15, -0.1) is 0 Å². The molecule has 4 heteroatoms. The Labute approximate surface area is 125 Å². The molecule has 0 aliphatic heterocycles. The fourth-order valence-corrected chi connectivity index (χ4v) is 2.46. The number of rotatable bonds is 5. The number of halogens is 1. The third kappa shape index (κ3) is 3.64. The lowest BCUT2D eigenvalue weighted by atomic mass is 10.1. The van der Waals surface area contributed by atoms with Gasteiger partial charge in [-0.25, -0.2) is 14.4 Å². The zero-order chi connectivity index (χ0) is 15.4. The van der Waals surface area contributed by atoms with Gasteiger partial charge in [-0.2, -0.15) is 0 Å². The van der Waals surface area contributed by atoms with Gasteiger partial charge >= 0.3 is 0 Å². The maximum Gasteiger partial charge on any atom is 0.159 e. The molecule has 1 aromatic carbocycles. The predicted octanol–water partition coefficient (Wildman–Crippen LogP) is 3.36. The molecule has 0 radical (unpaired) electrons. The van der Waals surface area contributed by atoms with Crippen molar-refractivity contribution in [3.8, 4) is 11.4 Å². The van der Waals surface area contributed by atoms with Crippen LogP contribution in [0.15, 0.2) is 18.2 Å². The number of aromatic nitrogens is 2. The second-order valence-electron chi connectivity index (χ2n) is 5.37. The molecule has 0 saturated heterocycles. The summed E-state index contributed by atoms with van der Waals surface area (Å²) in [4.78, 5) is 9.20. The van der Waals surface area contributed by atoms with Gasteiger partial charge in [0.1, 0.15) is 5.82 Å². The van der Waals surface area contributed by atoms with E-state index in [4.69, 9.17) is 0 Å². The van der Waals surface area contributed by atoms with Crippen molar-refractivity contribution in [2.45, 2.75) is 33.6 Å². The average molecular weight is 287 g/mol. The van der Waals surface area contributed by atoms with E-state index in [9.17, 15) is 4.39 Å². The first-order chi connectivity index (χ1) is 10.0. The fraction of sp³-hybridized carbons (Fsp3) is 0.412. The first-order valence-electron chi connectivity index (χ1n) is 7.28. The number of hydrogen-bond acceptors (Lipinski definition) is 3. The van der Waals surface area contributed by atoms with Crippen LogP contribution in [0.5, 0.6) is 0 Å². The molecular formula is C17H22FN3. The summed E-state index contributed by atoms with van der Waals surface area (Å²) in [6.45, 7) is 6.77. The molecule has 0 aliphatic rings. The molecule has 0 unspecified atom stereocenters. The molecule has 1 N–H and O–H groups in total. The quantitative estimate of drug-likeness (QED) is 0.857. The van der Waals surface area contributed by atoms with Gasteiger partial charge in [-0.05, 0) is 76.5 Å². The Morgan fingerprint density at radius 2 is 1.76 bits per heavy atom. The summed E-state index contributed by atoms with van der Waals surface area (Å²) >= 11 is 0. The highest BCUT2D eigenvalue weighted by molar-refractivity contribution is 5.57. The van der Waals surface area contributed by atoms with Gasteiger partial charge in [0, 0.05) is 17.0 Å². The van der Waals surface area contributed by atoms with E-state index in [1.807, 2.05) is 20.9 Å². The predicted molar refractivity (Wildman–Crippen MR) is 83.9 cm³/mol. The molecule has 1 aromatic heterocycles. The zero-order valence-electron chi connectivity index (χ0n) is 13.1. The lowest BCUT2D eigenvalue weighted by molar-refractivity contribution is 0.618. The van der Waals surface area contributed by atoms with Crippen LogP contribution in [0.2, 0.25) is 0 Å². The highest BCUT2D eigenvalue weighted by Crippen LogP contribution is 2.21. The Kier molecular flexibility index (Phi) is 5.02.